The fourth-order valence-electron chi connectivity index (χ4n) is 3.49. The Morgan fingerprint density at radius 3 is 2.24 bits per heavy atom. The van der Waals surface area contributed by atoms with E-state index in [1.807, 2.05) is 39.0 Å². The normalized spacial score (nSPS) is 10.8. The monoisotopic (exact) mass is 394 g/mol. The number of methoxy groups -OCH3 is 2. The van der Waals surface area contributed by atoms with Crippen molar-refractivity contribution in [3.05, 3.63) is 63.6 Å². The number of aromatic nitrogens is 1. The molecule has 0 saturated carbocycles. The van der Waals surface area contributed by atoms with Gasteiger partial charge in [0.05, 0.1) is 25.2 Å². The number of nitrogens with zero attached hydrogens (tertiary/aromatic N) is 2. The topological polar surface area (TPSA) is 60.8 Å². The predicted octanol–water partition coefficient (Wildman–Crippen LogP) is 3.93. The Labute approximate surface area is 170 Å². The molecule has 0 atom stereocenters. The van der Waals surface area contributed by atoms with E-state index in [9.17, 15) is 9.59 Å². The molecule has 0 fully saturated rings. The number of hydrogen-bond acceptors (Lipinski definition) is 4. The van der Waals surface area contributed by atoms with E-state index in [1.165, 1.54) is 14.2 Å². The van der Waals surface area contributed by atoms with Gasteiger partial charge in [0.2, 0.25) is 0 Å². The molecule has 1 amide bonds. The van der Waals surface area contributed by atoms with Crippen molar-refractivity contribution >= 4 is 22.4 Å². The summed E-state index contributed by atoms with van der Waals surface area (Å²) in [7, 11) is 4.80. The van der Waals surface area contributed by atoms with Crippen molar-refractivity contribution in [1.82, 2.24) is 4.57 Å². The highest BCUT2D eigenvalue weighted by atomic mass is 16.5. The number of anilines is 1. The van der Waals surface area contributed by atoms with Crippen LogP contribution in [0.3, 0.4) is 0 Å². The number of amides is 1. The molecule has 0 aliphatic carbocycles. The van der Waals surface area contributed by atoms with Crippen LogP contribution in [0, 0.1) is 13.8 Å². The standard InChI is InChI=1S/C23H26N2O4/c1-7-25-13-18(22(26)24(4)19-10-14(2)8-9-15(19)3)16-11-20(28-5)21(29-6)12-17(16)23(25)27/h8-13H,7H2,1-6H3. The van der Waals surface area contributed by atoms with Gasteiger partial charge in [-0.05, 0) is 50.1 Å². The van der Waals surface area contributed by atoms with Crippen molar-refractivity contribution in [3.8, 4) is 11.5 Å². The highest BCUT2D eigenvalue weighted by molar-refractivity contribution is 6.14. The maximum atomic E-state index is 13.5. The number of pyridine rings is 1. The predicted molar refractivity (Wildman–Crippen MR) is 116 cm³/mol. The minimum Gasteiger partial charge on any atom is -0.493 e. The van der Waals surface area contributed by atoms with E-state index in [4.69, 9.17) is 9.47 Å². The maximum Gasteiger partial charge on any atom is 0.260 e. The largest absolute Gasteiger partial charge is 0.493 e. The number of hydrogen-bond donors (Lipinski definition) is 0. The van der Waals surface area contributed by atoms with Gasteiger partial charge in [-0.1, -0.05) is 12.1 Å². The fourth-order valence-corrected chi connectivity index (χ4v) is 3.49. The highest BCUT2D eigenvalue weighted by Crippen LogP contribution is 2.33. The molecule has 0 N–H and O–H groups in total. The molecule has 152 valence electrons. The quantitative estimate of drug-likeness (QED) is 0.658. The molecular formula is C23H26N2O4. The fraction of sp³-hybridized carbons (Fsp3) is 0.304. The number of benzene rings is 2. The third-order valence-electron chi connectivity index (χ3n) is 5.19. The molecule has 29 heavy (non-hydrogen) atoms. The molecule has 6 nitrogen and oxygen atoms in total. The first kappa shape index (κ1) is 20.5. The Hall–Kier alpha value is -3.28. The third-order valence-corrected chi connectivity index (χ3v) is 5.19. The van der Waals surface area contributed by atoms with E-state index in [2.05, 4.69) is 0 Å². The van der Waals surface area contributed by atoms with E-state index in [0.717, 1.165) is 16.8 Å². The lowest BCUT2D eigenvalue weighted by Gasteiger charge is -2.22. The first-order valence-electron chi connectivity index (χ1n) is 9.46. The molecule has 1 aromatic heterocycles. The summed E-state index contributed by atoms with van der Waals surface area (Å²) in [5.41, 5.74) is 3.16. The summed E-state index contributed by atoms with van der Waals surface area (Å²) in [6.07, 6.45) is 1.63. The van der Waals surface area contributed by atoms with Crippen molar-refractivity contribution < 1.29 is 14.3 Å². The Kier molecular flexibility index (Phi) is 5.64. The smallest absolute Gasteiger partial charge is 0.260 e. The van der Waals surface area contributed by atoms with Gasteiger partial charge in [-0.3, -0.25) is 9.59 Å². The summed E-state index contributed by atoms with van der Waals surface area (Å²) < 4.78 is 12.3. The van der Waals surface area contributed by atoms with Crippen LogP contribution >= 0.6 is 0 Å². The van der Waals surface area contributed by atoms with Crippen LogP contribution in [-0.4, -0.2) is 31.7 Å². The molecule has 2 aromatic carbocycles. The lowest BCUT2D eigenvalue weighted by atomic mass is 10.0. The lowest BCUT2D eigenvalue weighted by molar-refractivity contribution is 0.0993. The van der Waals surface area contributed by atoms with Crippen molar-refractivity contribution in [2.45, 2.75) is 27.3 Å². The van der Waals surface area contributed by atoms with Gasteiger partial charge in [0.15, 0.2) is 11.5 Å². The zero-order chi connectivity index (χ0) is 21.3. The van der Waals surface area contributed by atoms with E-state index in [1.54, 1.807) is 34.8 Å². The summed E-state index contributed by atoms with van der Waals surface area (Å²) in [6.45, 7) is 6.29. The summed E-state index contributed by atoms with van der Waals surface area (Å²) in [5.74, 6) is 0.724. The van der Waals surface area contributed by atoms with Crippen LogP contribution in [0.2, 0.25) is 0 Å². The molecule has 0 aliphatic rings. The molecule has 0 radical (unpaired) electrons. The summed E-state index contributed by atoms with van der Waals surface area (Å²) in [6, 6.07) is 9.32. The van der Waals surface area contributed by atoms with Crippen LogP contribution in [0.1, 0.15) is 28.4 Å². The van der Waals surface area contributed by atoms with Gasteiger partial charge in [-0.25, -0.2) is 0 Å². The summed E-state index contributed by atoms with van der Waals surface area (Å²) >= 11 is 0. The Balaban J connectivity index is 2.27. The molecule has 0 spiro atoms. The molecule has 3 rings (SSSR count). The Morgan fingerprint density at radius 1 is 1.03 bits per heavy atom. The molecule has 3 aromatic rings. The van der Waals surface area contributed by atoms with Crippen LogP contribution in [0.5, 0.6) is 11.5 Å². The van der Waals surface area contributed by atoms with Crippen molar-refractivity contribution in [1.29, 1.82) is 0 Å². The number of carbonyl (C=O) groups excluding carboxylic acids is 1. The van der Waals surface area contributed by atoms with Gasteiger partial charge < -0.3 is 18.9 Å². The number of fused-ring (bicyclic) bond motifs is 1. The number of ether oxygens (including phenoxy) is 2. The van der Waals surface area contributed by atoms with Gasteiger partial charge >= 0.3 is 0 Å². The minimum atomic E-state index is -0.196. The van der Waals surface area contributed by atoms with Crippen LogP contribution in [0.25, 0.3) is 10.8 Å². The zero-order valence-corrected chi connectivity index (χ0v) is 17.7. The van der Waals surface area contributed by atoms with Crippen molar-refractivity contribution in [2.24, 2.45) is 0 Å². The molecule has 0 saturated heterocycles. The first-order chi connectivity index (χ1) is 13.8. The second-order valence-corrected chi connectivity index (χ2v) is 7.04. The summed E-state index contributed by atoms with van der Waals surface area (Å²) in [4.78, 5) is 28.0. The zero-order valence-electron chi connectivity index (χ0n) is 17.7. The third kappa shape index (κ3) is 3.58. The van der Waals surface area contributed by atoms with Gasteiger partial charge in [0, 0.05) is 30.9 Å². The van der Waals surface area contributed by atoms with Crippen molar-refractivity contribution in [2.75, 3.05) is 26.2 Å². The molecular weight excluding hydrogens is 368 g/mol. The molecule has 0 unspecified atom stereocenters. The number of aryl methyl sites for hydroxylation is 3. The number of rotatable bonds is 5. The Bertz CT molecular complexity index is 1150. The summed E-state index contributed by atoms with van der Waals surface area (Å²) in [5, 5.41) is 0.962. The van der Waals surface area contributed by atoms with Crippen LogP contribution in [-0.2, 0) is 6.54 Å². The lowest BCUT2D eigenvalue weighted by Crippen LogP contribution is -2.30. The second kappa shape index (κ2) is 7.99. The molecule has 6 heteroatoms. The molecule has 0 aliphatic heterocycles. The average Bonchev–Trinajstić information content (AvgIpc) is 2.73. The van der Waals surface area contributed by atoms with Gasteiger partial charge in [-0.2, -0.15) is 0 Å². The molecule has 0 bridgehead atoms. The van der Waals surface area contributed by atoms with Crippen LogP contribution in [0.15, 0.2) is 41.3 Å². The van der Waals surface area contributed by atoms with E-state index in [-0.39, 0.29) is 11.5 Å². The van der Waals surface area contributed by atoms with Gasteiger partial charge in [0.1, 0.15) is 0 Å². The number of carbonyl (C=O) groups is 1. The SMILES string of the molecule is CCn1cc(C(=O)N(C)c2cc(C)ccc2C)c2cc(OC)c(OC)cc2c1=O. The van der Waals surface area contributed by atoms with Crippen molar-refractivity contribution in [3.63, 3.8) is 0 Å². The minimum absolute atomic E-state index is 0.172. The van der Waals surface area contributed by atoms with Crippen LogP contribution < -0.4 is 19.9 Å². The van der Waals surface area contributed by atoms with E-state index >= 15 is 0 Å². The van der Waals surface area contributed by atoms with Crippen LogP contribution in [0.4, 0.5) is 5.69 Å². The average molecular weight is 394 g/mol. The second-order valence-electron chi connectivity index (χ2n) is 7.04. The Morgan fingerprint density at radius 2 is 1.66 bits per heavy atom. The van der Waals surface area contributed by atoms with E-state index < -0.39 is 0 Å². The highest BCUT2D eigenvalue weighted by Gasteiger charge is 2.22. The van der Waals surface area contributed by atoms with Gasteiger partial charge in [0.25, 0.3) is 11.5 Å². The maximum absolute atomic E-state index is 13.5. The van der Waals surface area contributed by atoms with Gasteiger partial charge in [-0.15, -0.1) is 0 Å². The molecule has 1 heterocycles. The van der Waals surface area contributed by atoms with E-state index in [0.29, 0.717) is 34.4 Å². The first-order valence-corrected chi connectivity index (χ1v) is 9.46.